The van der Waals surface area contributed by atoms with Gasteiger partial charge in [-0.3, -0.25) is 0 Å². The highest BCUT2D eigenvalue weighted by molar-refractivity contribution is 6.00. The van der Waals surface area contributed by atoms with Crippen molar-refractivity contribution in [3.8, 4) is 11.3 Å². The molecule has 4 nitrogen and oxygen atoms in total. The average molecular weight is 372 g/mol. The minimum absolute atomic E-state index is 0.146. The SMILES string of the molecule is NCC1(Nc2nnc(-c3ccc(C(F)(F)F)cc3)c3ccccc23)CCC1. The summed E-state index contributed by atoms with van der Waals surface area (Å²) < 4.78 is 38.4. The molecule has 3 aromatic rings. The first-order valence-corrected chi connectivity index (χ1v) is 8.83. The lowest BCUT2D eigenvalue weighted by atomic mass is 9.77. The molecular formula is C20H19F3N4. The van der Waals surface area contributed by atoms with Gasteiger partial charge < -0.3 is 11.1 Å². The van der Waals surface area contributed by atoms with Crippen LogP contribution in [-0.2, 0) is 6.18 Å². The van der Waals surface area contributed by atoms with Crippen molar-refractivity contribution < 1.29 is 13.2 Å². The van der Waals surface area contributed by atoms with Gasteiger partial charge in [-0.25, -0.2) is 0 Å². The molecule has 7 heteroatoms. The monoisotopic (exact) mass is 372 g/mol. The van der Waals surface area contributed by atoms with Crippen LogP contribution in [0.4, 0.5) is 19.0 Å². The maximum atomic E-state index is 12.8. The van der Waals surface area contributed by atoms with Crippen molar-refractivity contribution in [1.82, 2.24) is 10.2 Å². The van der Waals surface area contributed by atoms with E-state index in [-0.39, 0.29) is 5.54 Å². The molecule has 0 aliphatic heterocycles. The second kappa shape index (κ2) is 6.49. The van der Waals surface area contributed by atoms with Gasteiger partial charge in [0.2, 0.25) is 0 Å². The molecule has 2 aromatic carbocycles. The summed E-state index contributed by atoms with van der Waals surface area (Å²) in [5.41, 5.74) is 6.25. The maximum Gasteiger partial charge on any atom is 0.416 e. The number of rotatable bonds is 4. The minimum atomic E-state index is -4.36. The number of fused-ring (bicyclic) bond motifs is 1. The number of benzene rings is 2. The van der Waals surface area contributed by atoms with Crippen LogP contribution < -0.4 is 11.1 Å². The zero-order chi connectivity index (χ0) is 19.1. The van der Waals surface area contributed by atoms with Crippen molar-refractivity contribution >= 4 is 16.6 Å². The highest BCUT2D eigenvalue weighted by Crippen LogP contribution is 2.37. The van der Waals surface area contributed by atoms with Crippen molar-refractivity contribution in [2.24, 2.45) is 5.73 Å². The lowest BCUT2D eigenvalue weighted by molar-refractivity contribution is -0.137. The van der Waals surface area contributed by atoms with Gasteiger partial charge in [0.25, 0.3) is 0 Å². The second-order valence-corrected chi connectivity index (χ2v) is 6.98. The highest BCUT2D eigenvalue weighted by atomic mass is 19.4. The van der Waals surface area contributed by atoms with Crippen LogP contribution in [0, 0.1) is 0 Å². The molecule has 4 rings (SSSR count). The average Bonchev–Trinajstić information content (AvgIpc) is 2.64. The smallest absolute Gasteiger partial charge is 0.361 e. The molecule has 0 spiro atoms. The van der Waals surface area contributed by atoms with E-state index in [4.69, 9.17) is 5.73 Å². The molecule has 0 saturated heterocycles. The standard InChI is InChI=1S/C20H19F3N4/c21-20(22,23)14-8-6-13(7-9-14)17-15-4-1-2-5-16(15)18(27-26-17)25-19(12-24)10-3-11-19/h1-2,4-9H,3,10-12,24H2,(H,25,27). The fourth-order valence-electron chi connectivity index (χ4n) is 3.46. The molecule has 140 valence electrons. The van der Waals surface area contributed by atoms with Crippen LogP contribution in [0.15, 0.2) is 48.5 Å². The van der Waals surface area contributed by atoms with Gasteiger partial charge in [0.15, 0.2) is 5.82 Å². The number of nitrogens with one attached hydrogen (secondary N) is 1. The molecular weight excluding hydrogens is 353 g/mol. The number of hydrogen-bond donors (Lipinski definition) is 2. The summed E-state index contributed by atoms with van der Waals surface area (Å²) in [7, 11) is 0. The Kier molecular flexibility index (Phi) is 4.26. The summed E-state index contributed by atoms with van der Waals surface area (Å²) in [6.07, 6.45) is -1.26. The van der Waals surface area contributed by atoms with Crippen LogP contribution in [0.5, 0.6) is 0 Å². The number of nitrogens with zero attached hydrogens (tertiary/aromatic N) is 2. The van der Waals surface area contributed by atoms with Crippen LogP contribution in [0.1, 0.15) is 24.8 Å². The van der Waals surface area contributed by atoms with Crippen LogP contribution in [0.3, 0.4) is 0 Å². The third-order valence-corrected chi connectivity index (χ3v) is 5.26. The van der Waals surface area contributed by atoms with E-state index >= 15 is 0 Å². The maximum absolute atomic E-state index is 12.8. The Morgan fingerprint density at radius 2 is 1.63 bits per heavy atom. The molecule has 1 fully saturated rings. The first kappa shape index (κ1) is 17.7. The Morgan fingerprint density at radius 3 is 2.19 bits per heavy atom. The van der Waals surface area contributed by atoms with Crippen LogP contribution >= 0.6 is 0 Å². The van der Waals surface area contributed by atoms with Gasteiger partial charge in [-0.15, -0.1) is 10.2 Å². The molecule has 1 heterocycles. The number of anilines is 1. The summed E-state index contributed by atoms with van der Waals surface area (Å²) in [6, 6.07) is 12.6. The van der Waals surface area contributed by atoms with Crippen molar-refractivity contribution in [3.63, 3.8) is 0 Å². The van der Waals surface area contributed by atoms with Crippen LogP contribution in [-0.4, -0.2) is 22.3 Å². The predicted molar refractivity (Wildman–Crippen MR) is 99.2 cm³/mol. The van der Waals surface area contributed by atoms with Crippen LogP contribution in [0.25, 0.3) is 22.0 Å². The quantitative estimate of drug-likeness (QED) is 0.702. The zero-order valence-corrected chi connectivity index (χ0v) is 14.6. The van der Waals surface area contributed by atoms with Crippen molar-refractivity contribution in [1.29, 1.82) is 0 Å². The Morgan fingerprint density at radius 1 is 0.963 bits per heavy atom. The number of alkyl halides is 3. The molecule has 1 aliphatic rings. The fourth-order valence-corrected chi connectivity index (χ4v) is 3.46. The molecule has 0 bridgehead atoms. The summed E-state index contributed by atoms with van der Waals surface area (Å²) in [5, 5.41) is 13.8. The van der Waals surface area contributed by atoms with E-state index < -0.39 is 11.7 Å². The number of halogens is 3. The van der Waals surface area contributed by atoms with E-state index in [2.05, 4.69) is 15.5 Å². The first-order valence-electron chi connectivity index (χ1n) is 8.83. The van der Waals surface area contributed by atoms with Crippen molar-refractivity contribution in [2.75, 3.05) is 11.9 Å². The van der Waals surface area contributed by atoms with Gasteiger partial charge in [-0.2, -0.15) is 13.2 Å². The molecule has 27 heavy (non-hydrogen) atoms. The lowest BCUT2D eigenvalue weighted by Gasteiger charge is -2.42. The Hall–Kier alpha value is -2.67. The predicted octanol–water partition coefficient (Wildman–Crippen LogP) is 4.61. The Bertz CT molecular complexity index is 958. The fraction of sp³-hybridized carbons (Fsp3) is 0.300. The van der Waals surface area contributed by atoms with E-state index in [1.807, 2.05) is 24.3 Å². The molecule has 0 amide bonds. The molecule has 0 radical (unpaired) electrons. The molecule has 1 aromatic heterocycles. The summed E-state index contributed by atoms with van der Waals surface area (Å²) in [4.78, 5) is 0. The molecule has 1 aliphatic carbocycles. The van der Waals surface area contributed by atoms with E-state index in [0.29, 0.717) is 23.6 Å². The van der Waals surface area contributed by atoms with E-state index in [0.717, 1.165) is 42.2 Å². The van der Waals surface area contributed by atoms with Crippen LogP contribution in [0.2, 0.25) is 0 Å². The van der Waals surface area contributed by atoms with Crippen molar-refractivity contribution in [3.05, 3.63) is 54.1 Å². The normalized spacial score (nSPS) is 16.1. The van der Waals surface area contributed by atoms with Gasteiger partial charge in [-0.1, -0.05) is 36.4 Å². The first-order chi connectivity index (χ1) is 12.9. The van der Waals surface area contributed by atoms with Gasteiger partial charge in [0.1, 0.15) is 5.69 Å². The number of hydrogen-bond acceptors (Lipinski definition) is 4. The topological polar surface area (TPSA) is 63.8 Å². The third kappa shape index (κ3) is 3.23. The minimum Gasteiger partial charge on any atom is -0.361 e. The zero-order valence-electron chi connectivity index (χ0n) is 14.6. The second-order valence-electron chi connectivity index (χ2n) is 6.98. The third-order valence-electron chi connectivity index (χ3n) is 5.26. The molecule has 0 unspecified atom stereocenters. The molecule has 0 atom stereocenters. The van der Waals surface area contributed by atoms with E-state index in [1.54, 1.807) is 0 Å². The highest BCUT2D eigenvalue weighted by Gasteiger charge is 2.36. The lowest BCUT2D eigenvalue weighted by Crippen LogP contribution is -2.51. The summed E-state index contributed by atoms with van der Waals surface area (Å²) >= 11 is 0. The largest absolute Gasteiger partial charge is 0.416 e. The van der Waals surface area contributed by atoms with E-state index in [9.17, 15) is 13.2 Å². The Balaban J connectivity index is 1.76. The van der Waals surface area contributed by atoms with Gasteiger partial charge in [0, 0.05) is 22.9 Å². The van der Waals surface area contributed by atoms with E-state index in [1.165, 1.54) is 12.1 Å². The van der Waals surface area contributed by atoms with Gasteiger partial charge in [-0.05, 0) is 31.4 Å². The van der Waals surface area contributed by atoms with Crippen molar-refractivity contribution in [2.45, 2.75) is 31.0 Å². The number of nitrogens with two attached hydrogens (primary N) is 1. The molecule has 1 saturated carbocycles. The Labute approximate surface area is 154 Å². The van der Waals surface area contributed by atoms with Gasteiger partial charge in [0.05, 0.1) is 11.1 Å². The molecule has 3 N–H and O–H groups in total. The number of aromatic nitrogens is 2. The summed E-state index contributed by atoms with van der Waals surface area (Å²) in [5.74, 6) is 0.659. The summed E-state index contributed by atoms with van der Waals surface area (Å²) in [6.45, 7) is 0.518. The van der Waals surface area contributed by atoms with Gasteiger partial charge >= 0.3 is 6.18 Å².